The van der Waals surface area contributed by atoms with Crippen LogP contribution in [0.2, 0.25) is 10.0 Å². The molecular weight excluding hydrogens is 405 g/mol. The highest BCUT2D eigenvalue weighted by atomic mass is 35.5. The van der Waals surface area contributed by atoms with Crippen molar-refractivity contribution in [2.45, 2.75) is 26.0 Å². The lowest BCUT2D eigenvalue weighted by molar-refractivity contribution is 0.193. The van der Waals surface area contributed by atoms with Gasteiger partial charge in [-0.1, -0.05) is 53.5 Å². The number of hydrogen-bond donors (Lipinski definition) is 1. The Labute approximate surface area is 176 Å². The molecule has 1 N–H and O–H groups in total. The molecular formula is C21H22Cl3NO2. The van der Waals surface area contributed by atoms with Crippen LogP contribution < -0.4 is 10.1 Å². The third-order valence-electron chi connectivity index (χ3n) is 4.01. The fourth-order valence-electron chi connectivity index (χ4n) is 2.71. The average Bonchev–Trinajstić information content (AvgIpc) is 3.06. The van der Waals surface area contributed by atoms with Crippen molar-refractivity contribution >= 4 is 35.6 Å². The molecule has 0 radical (unpaired) electrons. The fraction of sp³-hybridized carbons (Fsp3) is 0.238. The van der Waals surface area contributed by atoms with Crippen LogP contribution in [-0.4, -0.2) is 6.54 Å². The zero-order chi connectivity index (χ0) is 18.4. The number of benzene rings is 2. The van der Waals surface area contributed by atoms with E-state index >= 15 is 0 Å². The molecule has 1 heterocycles. The summed E-state index contributed by atoms with van der Waals surface area (Å²) in [4.78, 5) is 0. The summed E-state index contributed by atoms with van der Waals surface area (Å²) in [5, 5.41) is 4.54. The third kappa shape index (κ3) is 6.47. The van der Waals surface area contributed by atoms with Gasteiger partial charge in [0.1, 0.15) is 23.4 Å². The van der Waals surface area contributed by atoms with Crippen molar-refractivity contribution in [1.82, 2.24) is 5.32 Å². The van der Waals surface area contributed by atoms with Crippen molar-refractivity contribution in [3.05, 3.63) is 87.8 Å². The van der Waals surface area contributed by atoms with Gasteiger partial charge in [-0.3, -0.25) is 0 Å². The van der Waals surface area contributed by atoms with Gasteiger partial charge in [0.25, 0.3) is 0 Å². The molecule has 0 aliphatic rings. The van der Waals surface area contributed by atoms with E-state index in [-0.39, 0.29) is 18.5 Å². The number of nitrogens with one attached hydrogen (secondary N) is 1. The quantitative estimate of drug-likeness (QED) is 0.411. The lowest BCUT2D eigenvalue weighted by atomic mass is 10.1. The number of furan rings is 1. The molecule has 144 valence electrons. The first-order valence-corrected chi connectivity index (χ1v) is 9.30. The molecule has 3 rings (SSSR count). The van der Waals surface area contributed by atoms with Gasteiger partial charge in [-0.05, 0) is 43.3 Å². The minimum Gasteiger partial charge on any atom is -0.484 e. The molecule has 27 heavy (non-hydrogen) atoms. The standard InChI is InChI=1S/C21H21Cl2NO2.ClH/c1-15-7-9-18(25-15)14-24-12-11-20(16-5-3-2-4-6-16)26-21-13-17(22)8-10-19(21)23;/h2-10,13,20,24H,11-12,14H2,1H3;1H/t20-;/m1./s1. The molecule has 3 nitrogen and oxygen atoms in total. The Morgan fingerprint density at radius 3 is 2.52 bits per heavy atom. The summed E-state index contributed by atoms with van der Waals surface area (Å²) in [6, 6.07) is 19.3. The molecule has 0 amide bonds. The van der Waals surface area contributed by atoms with Gasteiger partial charge in [0, 0.05) is 17.5 Å². The highest BCUT2D eigenvalue weighted by Crippen LogP contribution is 2.32. The lowest BCUT2D eigenvalue weighted by Gasteiger charge is -2.21. The van der Waals surface area contributed by atoms with Gasteiger partial charge < -0.3 is 14.5 Å². The zero-order valence-corrected chi connectivity index (χ0v) is 17.3. The van der Waals surface area contributed by atoms with E-state index in [0.717, 1.165) is 30.0 Å². The Morgan fingerprint density at radius 1 is 1.04 bits per heavy atom. The van der Waals surface area contributed by atoms with E-state index in [1.165, 1.54) is 0 Å². The molecule has 0 fully saturated rings. The predicted molar refractivity (Wildman–Crippen MR) is 113 cm³/mol. The van der Waals surface area contributed by atoms with E-state index in [1.54, 1.807) is 18.2 Å². The van der Waals surface area contributed by atoms with Crippen LogP contribution in [0.25, 0.3) is 0 Å². The third-order valence-corrected chi connectivity index (χ3v) is 4.56. The van der Waals surface area contributed by atoms with Gasteiger partial charge in [-0.15, -0.1) is 12.4 Å². The van der Waals surface area contributed by atoms with E-state index < -0.39 is 0 Å². The van der Waals surface area contributed by atoms with Crippen molar-refractivity contribution < 1.29 is 9.15 Å². The van der Waals surface area contributed by atoms with E-state index in [4.69, 9.17) is 32.4 Å². The number of halogens is 3. The first-order valence-electron chi connectivity index (χ1n) is 8.54. The van der Waals surface area contributed by atoms with Crippen molar-refractivity contribution in [3.8, 4) is 5.75 Å². The maximum Gasteiger partial charge on any atom is 0.140 e. The molecule has 0 unspecified atom stereocenters. The summed E-state index contributed by atoms with van der Waals surface area (Å²) < 4.78 is 11.8. The minimum absolute atomic E-state index is 0. The average molecular weight is 427 g/mol. The van der Waals surface area contributed by atoms with Gasteiger partial charge in [0.15, 0.2) is 0 Å². The van der Waals surface area contributed by atoms with Crippen molar-refractivity contribution in [2.24, 2.45) is 0 Å². The molecule has 2 aromatic carbocycles. The second-order valence-corrected chi connectivity index (χ2v) is 6.91. The lowest BCUT2D eigenvalue weighted by Crippen LogP contribution is -2.19. The largest absolute Gasteiger partial charge is 0.484 e. The molecule has 0 spiro atoms. The molecule has 0 aliphatic heterocycles. The van der Waals surface area contributed by atoms with Gasteiger partial charge in [0.2, 0.25) is 0 Å². The Kier molecular flexibility index (Phi) is 8.52. The second-order valence-electron chi connectivity index (χ2n) is 6.07. The fourth-order valence-corrected chi connectivity index (χ4v) is 3.03. The molecule has 0 aliphatic carbocycles. The number of hydrogen-bond acceptors (Lipinski definition) is 3. The molecule has 1 atom stereocenters. The summed E-state index contributed by atoms with van der Waals surface area (Å²) in [5.74, 6) is 2.44. The van der Waals surface area contributed by atoms with Crippen LogP contribution in [0.5, 0.6) is 5.75 Å². The topological polar surface area (TPSA) is 34.4 Å². The molecule has 6 heteroatoms. The summed E-state index contributed by atoms with van der Waals surface area (Å²) >= 11 is 12.3. The van der Waals surface area contributed by atoms with E-state index in [2.05, 4.69) is 17.4 Å². The van der Waals surface area contributed by atoms with E-state index in [9.17, 15) is 0 Å². The Balaban J connectivity index is 0.00000261. The maximum absolute atomic E-state index is 6.26. The highest BCUT2D eigenvalue weighted by molar-refractivity contribution is 6.34. The molecule has 3 aromatic rings. The first kappa shape index (κ1) is 21.6. The second kappa shape index (κ2) is 10.6. The summed E-state index contributed by atoms with van der Waals surface area (Å²) in [5.41, 5.74) is 1.10. The molecule has 0 saturated carbocycles. The van der Waals surface area contributed by atoms with Crippen LogP contribution in [0.3, 0.4) is 0 Å². The summed E-state index contributed by atoms with van der Waals surface area (Å²) in [6.45, 7) is 3.41. The highest BCUT2D eigenvalue weighted by Gasteiger charge is 2.15. The molecule has 0 saturated heterocycles. The number of ether oxygens (including phenoxy) is 1. The van der Waals surface area contributed by atoms with Crippen molar-refractivity contribution in [2.75, 3.05) is 6.54 Å². The Hall–Kier alpha value is -1.65. The van der Waals surface area contributed by atoms with Crippen molar-refractivity contribution in [3.63, 3.8) is 0 Å². The van der Waals surface area contributed by atoms with Gasteiger partial charge >= 0.3 is 0 Å². The Morgan fingerprint density at radius 2 is 1.81 bits per heavy atom. The molecule has 0 bridgehead atoms. The number of aryl methyl sites for hydroxylation is 1. The van der Waals surface area contributed by atoms with E-state index in [1.807, 2.05) is 37.3 Å². The first-order chi connectivity index (χ1) is 12.6. The minimum atomic E-state index is -0.127. The van der Waals surface area contributed by atoms with Crippen LogP contribution in [-0.2, 0) is 6.54 Å². The van der Waals surface area contributed by atoms with Crippen LogP contribution in [0, 0.1) is 6.92 Å². The van der Waals surface area contributed by atoms with Crippen LogP contribution in [0.15, 0.2) is 65.1 Å². The van der Waals surface area contributed by atoms with Crippen LogP contribution in [0.4, 0.5) is 0 Å². The summed E-state index contributed by atoms with van der Waals surface area (Å²) in [7, 11) is 0. The van der Waals surface area contributed by atoms with Crippen LogP contribution in [0.1, 0.15) is 29.6 Å². The maximum atomic E-state index is 6.26. The molecule has 1 aromatic heterocycles. The zero-order valence-electron chi connectivity index (χ0n) is 15.0. The summed E-state index contributed by atoms with van der Waals surface area (Å²) in [6.07, 6.45) is 0.657. The van der Waals surface area contributed by atoms with Gasteiger partial charge in [0.05, 0.1) is 11.6 Å². The van der Waals surface area contributed by atoms with E-state index in [0.29, 0.717) is 22.3 Å². The Bertz CT molecular complexity index is 836. The van der Waals surface area contributed by atoms with Gasteiger partial charge in [-0.25, -0.2) is 0 Å². The SMILES string of the molecule is Cc1ccc(CNCC[C@@H](Oc2cc(Cl)ccc2Cl)c2ccccc2)o1.Cl. The van der Waals surface area contributed by atoms with Crippen molar-refractivity contribution in [1.29, 1.82) is 0 Å². The monoisotopic (exact) mass is 425 g/mol. The predicted octanol–water partition coefficient (Wildman–Crippen LogP) is 6.62. The number of rotatable bonds is 8. The smallest absolute Gasteiger partial charge is 0.140 e. The van der Waals surface area contributed by atoms with Gasteiger partial charge in [-0.2, -0.15) is 0 Å². The van der Waals surface area contributed by atoms with Crippen LogP contribution >= 0.6 is 35.6 Å². The normalized spacial score (nSPS) is 11.7.